The van der Waals surface area contributed by atoms with Gasteiger partial charge in [-0.3, -0.25) is 19.8 Å². The quantitative estimate of drug-likeness (QED) is 0.863. The molecule has 2 aromatic heterocycles. The predicted molar refractivity (Wildman–Crippen MR) is 101 cm³/mol. The Morgan fingerprint density at radius 1 is 1.31 bits per heavy atom. The number of piperidine rings is 1. The second-order valence-electron chi connectivity index (χ2n) is 7.19. The zero-order valence-electron chi connectivity index (χ0n) is 14.9. The molecule has 0 unspecified atom stereocenters. The Morgan fingerprint density at radius 2 is 2.19 bits per heavy atom. The summed E-state index contributed by atoms with van der Waals surface area (Å²) in [6.45, 7) is 4.86. The van der Waals surface area contributed by atoms with Crippen LogP contribution in [0, 0.1) is 5.92 Å². The van der Waals surface area contributed by atoms with E-state index >= 15 is 0 Å². The number of nitrogens with one attached hydrogen (secondary N) is 1. The van der Waals surface area contributed by atoms with Gasteiger partial charge in [-0.15, -0.1) is 10.2 Å². The van der Waals surface area contributed by atoms with Crippen LogP contribution < -0.4 is 10.9 Å². The molecule has 4 rings (SSSR count). The Morgan fingerprint density at radius 3 is 3.04 bits per heavy atom. The standard InChI is InChI=1S/C18H23N5O2S/c1-2-4-16-20-21-18(26-16)19-15(24)11-22-8-12-7-13(10-22)14-5-3-6-17(25)23(14)9-12/h3,5-6,12-13H,2,4,7-11H2,1H3,(H,19,21,24)/t12-,13+/m0/s1. The van der Waals surface area contributed by atoms with Crippen LogP contribution in [0.3, 0.4) is 0 Å². The minimum atomic E-state index is -0.0466. The number of likely N-dealkylation sites (tertiary alicyclic amines) is 1. The maximum atomic E-state index is 12.4. The highest BCUT2D eigenvalue weighted by atomic mass is 32.1. The molecule has 0 aliphatic carbocycles. The Labute approximate surface area is 156 Å². The number of nitrogens with zero attached hydrogens (tertiary/aromatic N) is 4. The molecule has 2 bridgehead atoms. The van der Waals surface area contributed by atoms with Crippen LogP contribution in [-0.2, 0) is 17.8 Å². The zero-order chi connectivity index (χ0) is 18.1. The number of hydrogen-bond donors (Lipinski definition) is 1. The second-order valence-corrected chi connectivity index (χ2v) is 8.25. The first-order chi connectivity index (χ1) is 12.6. The molecule has 2 aromatic rings. The average molecular weight is 373 g/mol. The van der Waals surface area contributed by atoms with Crippen LogP contribution in [0.5, 0.6) is 0 Å². The van der Waals surface area contributed by atoms with Gasteiger partial charge in [0.25, 0.3) is 5.56 Å². The lowest BCUT2D eigenvalue weighted by Gasteiger charge is -2.42. The molecule has 1 amide bonds. The summed E-state index contributed by atoms with van der Waals surface area (Å²) < 4.78 is 1.91. The van der Waals surface area contributed by atoms with E-state index in [1.165, 1.54) is 11.3 Å². The summed E-state index contributed by atoms with van der Waals surface area (Å²) in [6.07, 6.45) is 3.00. The number of amides is 1. The lowest BCUT2D eigenvalue weighted by molar-refractivity contribution is -0.117. The van der Waals surface area contributed by atoms with Gasteiger partial charge in [0.05, 0.1) is 6.54 Å². The number of hydrogen-bond acceptors (Lipinski definition) is 6. The Kier molecular flexibility index (Phi) is 4.86. The van der Waals surface area contributed by atoms with Crippen molar-refractivity contribution in [3.8, 4) is 0 Å². The molecule has 4 heterocycles. The molecule has 1 N–H and O–H groups in total. The maximum absolute atomic E-state index is 12.4. The number of carbonyl (C=O) groups is 1. The third-order valence-electron chi connectivity index (χ3n) is 5.10. The minimum absolute atomic E-state index is 0.0466. The Balaban J connectivity index is 1.39. The van der Waals surface area contributed by atoms with Crippen molar-refractivity contribution in [2.75, 3.05) is 25.0 Å². The fourth-order valence-electron chi connectivity index (χ4n) is 4.11. The van der Waals surface area contributed by atoms with Crippen LogP contribution in [-0.4, -0.2) is 45.2 Å². The van der Waals surface area contributed by atoms with Crippen molar-refractivity contribution in [1.82, 2.24) is 19.7 Å². The van der Waals surface area contributed by atoms with Crippen LogP contribution in [0.2, 0.25) is 0 Å². The van der Waals surface area contributed by atoms with Gasteiger partial charge >= 0.3 is 0 Å². The molecule has 1 saturated heterocycles. The molecule has 0 aromatic carbocycles. The first-order valence-corrected chi connectivity index (χ1v) is 9.98. The van der Waals surface area contributed by atoms with Crippen molar-refractivity contribution in [1.29, 1.82) is 0 Å². The molecule has 138 valence electrons. The van der Waals surface area contributed by atoms with Crippen molar-refractivity contribution >= 4 is 22.4 Å². The molecule has 2 aliphatic rings. The predicted octanol–water partition coefficient (Wildman–Crippen LogP) is 1.71. The summed E-state index contributed by atoms with van der Waals surface area (Å²) in [4.78, 5) is 26.7. The molecule has 1 fully saturated rings. The van der Waals surface area contributed by atoms with E-state index in [1.807, 2.05) is 16.7 Å². The van der Waals surface area contributed by atoms with E-state index < -0.39 is 0 Å². The number of carbonyl (C=O) groups excluding carboxylic acids is 1. The first-order valence-electron chi connectivity index (χ1n) is 9.16. The third-order valence-corrected chi connectivity index (χ3v) is 6.00. The first kappa shape index (κ1) is 17.4. The average Bonchev–Trinajstić information content (AvgIpc) is 3.03. The Bertz CT molecular complexity index is 861. The van der Waals surface area contributed by atoms with E-state index in [4.69, 9.17) is 0 Å². The largest absolute Gasteiger partial charge is 0.312 e. The smallest absolute Gasteiger partial charge is 0.250 e. The van der Waals surface area contributed by atoms with E-state index in [-0.39, 0.29) is 11.5 Å². The summed E-state index contributed by atoms with van der Waals surface area (Å²) in [5.41, 5.74) is 1.19. The van der Waals surface area contributed by atoms with E-state index in [0.717, 1.165) is 49.6 Å². The van der Waals surface area contributed by atoms with Crippen molar-refractivity contribution in [2.45, 2.75) is 38.6 Å². The van der Waals surface area contributed by atoms with Crippen LogP contribution >= 0.6 is 11.3 Å². The van der Waals surface area contributed by atoms with Crippen molar-refractivity contribution in [3.05, 3.63) is 39.3 Å². The van der Waals surface area contributed by atoms with Gasteiger partial charge in [-0.1, -0.05) is 24.3 Å². The topological polar surface area (TPSA) is 80.1 Å². The molecule has 0 radical (unpaired) electrons. The highest BCUT2D eigenvalue weighted by molar-refractivity contribution is 7.15. The van der Waals surface area contributed by atoms with E-state index in [0.29, 0.717) is 23.5 Å². The third kappa shape index (κ3) is 3.57. The Hall–Kier alpha value is -2.06. The molecule has 7 nitrogen and oxygen atoms in total. The second kappa shape index (κ2) is 7.28. The number of aromatic nitrogens is 3. The van der Waals surface area contributed by atoms with Crippen molar-refractivity contribution in [2.24, 2.45) is 5.92 Å². The number of aryl methyl sites for hydroxylation is 1. The molecule has 8 heteroatoms. The van der Waals surface area contributed by atoms with Crippen LogP contribution in [0.25, 0.3) is 0 Å². The van der Waals surface area contributed by atoms with Gasteiger partial charge in [0.2, 0.25) is 11.0 Å². The van der Waals surface area contributed by atoms with Gasteiger partial charge in [0, 0.05) is 43.7 Å². The molecule has 0 saturated carbocycles. The summed E-state index contributed by atoms with van der Waals surface area (Å²) in [5, 5.41) is 12.5. The molecule has 2 atom stereocenters. The minimum Gasteiger partial charge on any atom is -0.312 e. The van der Waals surface area contributed by atoms with E-state index in [2.05, 4.69) is 27.3 Å². The van der Waals surface area contributed by atoms with Gasteiger partial charge < -0.3 is 4.57 Å². The summed E-state index contributed by atoms with van der Waals surface area (Å²) in [6, 6.07) is 5.51. The number of rotatable bonds is 5. The van der Waals surface area contributed by atoms with Crippen molar-refractivity contribution < 1.29 is 4.79 Å². The van der Waals surface area contributed by atoms with Gasteiger partial charge in [-0.2, -0.15) is 0 Å². The highest BCUT2D eigenvalue weighted by Gasteiger charge is 2.34. The molecule has 0 spiro atoms. The van der Waals surface area contributed by atoms with Gasteiger partial charge in [-0.25, -0.2) is 0 Å². The number of pyridine rings is 1. The number of fused-ring (bicyclic) bond motifs is 4. The molecule has 26 heavy (non-hydrogen) atoms. The van der Waals surface area contributed by atoms with Gasteiger partial charge in [0.15, 0.2) is 0 Å². The van der Waals surface area contributed by atoms with Gasteiger partial charge in [0.1, 0.15) is 5.01 Å². The van der Waals surface area contributed by atoms with E-state index in [9.17, 15) is 9.59 Å². The summed E-state index contributed by atoms with van der Waals surface area (Å²) in [7, 11) is 0. The maximum Gasteiger partial charge on any atom is 0.250 e. The number of anilines is 1. The zero-order valence-corrected chi connectivity index (χ0v) is 15.7. The van der Waals surface area contributed by atoms with Crippen LogP contribution in [0.1, 0.15) is 36.4 Å². The SMILES string of the molecule is CCCc1nnc(NC(=O)CN2C[C@@H]3C[C@H](C2)c2cccc(=O)n2C3)s1. The lowest BCUT2D eigenvalue weighted by atomic mass is 9.83. The highest BCUT2D eigenvalue weighted by Crippen LogP contribution is 2.34. The fourth-order valence-corrected chi connectivity index (χ4v) is 4.96. The van der Waals surface area contributed by atoms with Crippen LogP contribution in [0.4, 0.5) is 5.13 Å². The van der Waals surface area contributed by atoms with Gasteiger partial charge in [-0.05, 0) is 24.8 Å². The summed E-state index contributed by atoms with van der Waals surface area (Å²) in [5.74, 6) is 0.698. The summed E-state index contributed by atoms with van der Waals surface area (Å²) >= 11 is 1.45. The van der Waals surface area contributed by atoms with E-state index in [1.54, 1.807) is 6.07 Å². The lowest BCUT2D eigenvalue weighted by Crippen LogP contribution is -2.49. The molecular formula is C18H23N5O2S. The van der Waals surface area contributed by atoms with Crippen LogP contribution in [0.15, 0.2) is 23.0 Å². The fraction of sp³-hybridized carbons (Fsp3) is 0.556. The molecule has 2 aliphatic heterocycles. The normalized spacial score (nSPS) is 22.0. The molecular weight excluding hydrogens is 350 g/mol. The van der Waals surface area contributed by atoms with Crippen molar-refractivity contribution in [3.63, 3.8) is 0 Å². The monoisotopic (exact) mass is 373 g/mol.